The summed E-state index contributed by atoms with van der Waals surface area (Å²) in [7, 11) is 0. The minimum atomic E-state index is -0.0937. The molecule has 0 saturated carbocycles. The maximum atomic E-state index is 12.8. The average Bonchev–Trinajstić information content (AvgIpc) is 3.24. The van der Waals surface area contributed by atoms with E-state index in [4.69, 9.17) is 4.74 Å². The molecule has 8 heteroatoms. The van der Waals surface area contributed by atoms with Gasteiger partial charge in [-0.2, -0.15) is 0 Å². The Morgan fingerprint density at radius 3 is 2.68 bits per heavy atom. The van der Waals surface area contributed by atoms with Crippen LogP contribution in [0, 0.1) is 20.8 Å². The summed E-state index contributed by atoms with van der Waals surface area (Å²) in [6.07, 6.45) is 1.75. The molecule has 0 aliphatic heterocycles. The fourth-order valence-electron chi connectivity index (χ4n) is 3.46. The lowest BCUT2D eigenvalue weighted by Gasteiger charge is -2.09. The van der Waals surface area contributed by atoms with Gasteiger partial charge in [-0.3, -0.25) is 14.2 Å². The third-order valence-electron chi connectivity index (χ3n) is 4.86. The molecule has 2 heterocycles. The number of H-pyrrole nitrogens is 1. The number of hydrogen-bond donors (Lipinski definition) is 1. The SMILES string of the molecule is C=CCn1c(COc2cccc(C)c2)nnc1SCC(=O)c1[nH]c(C)c(C(C)=O)c1C. The number of aromatic amines is 1. The number of aryl methyl sites for hydroxylation is 2. The Bertz CT molecular complexity index is 1130. The molecule has 1 N–H and O–H groups in total. The molecule has 31 heavy (non-hydrogen) atoms. The summed E-state index contributed by atoms with van der Waals surface area (Å²) in [5.74, 6) is 1.44. The summed E-state index contributed by atoms with van der Waals surface area (Å²) in [6.45, 7) is 11.7. The van der Waals surface area contributed by atoms with Gasteiger partial charge in [0.1, 0.15) is 12.4 Å². The first kappa shape index (κ1) is 22.6. The zero-order valence-electron chi connectivity index (χ0n) is 18.2. The van der Waals surface area contributed by atoms with Gasteiger partial charge in [0.05, 0.1) is 11.4 Å². The molecule has 0 bridgehead atoms. The number of aromatic nitrogens is 4. The molecule has 0 saturated heterocycles. The molecule has 0 spiro atoms. The Morgan fingerprint density at radius 1 is 1.26 bits per heavy atom. The first-order valence-corrected chi connectivity index (χ1v) is 10.9. The largest absolute Gasteiger partial charge is 0.486 e. The third kappa shape index (κ3) is 5.14. The highest BCUT2D eigenvalue weighted by Gasteiger charge is 2.21. The van der Waals surface area contributed by atoms with Gasteiger partial charge in [0.25, 0.3) is 0 Å². The van der Waals surface area contributed by atoms with Crippen molar-refractivity contribution in [2.45, 2.75) is 46.0 Å². The summed E-state index contributed by atoms with van der Waals surface area (Å²) < 4.78 is 7.73. The fourth-order valence-corrected chi connectivity index (χ4v) is 4.30. The van der Waals surface area contributed by atoms with Crippen molar-refractivity contribution < 1.29 is 14.3 Å². The molecule has 0 amide bonds. The summed E-state index contributed by atoms with van der Waals surface area (Å²) >= 11 is 1.30. The smallest absolute Gasteiger partial charge is 0.192 e. The number of hydrogen-bond acceptors (Lipinski definition) is 6. The summed E-state index contributed by atoms with van der Waals surface area (Å²) in [5.41, 5.74) is 3.56. The van der Waals surface area contributed by atoms with E-state index < -0.39 is 0 Å². The lowest BCUT2D eigenvalue weighted by Crippen LogP contribution is -2.09. The molecule has 7 nitrogen and oxygen atoms in total. The first-order valence-electron chi connectivity index (χ1n) is 9.90. The Kier molecular flexibility index (Phi) is 7.12. The van der Waals surface area contributed by atoms with E-state index in [1.54, 1.807) is 19.9 Å². The van der Waals surface area contributed by atoms with Crippen LogP contribution < -0.4 is 4.74 Å². The minimum absolute atomic E-state index is 0.0538. The Hall–Kier alpha value is -3.13. The number of benzene rings is 1. The lowest BCUT2D eigenvalue weighted by atomic mass is 10.1. The average molecular weight is 439 g/mol. The second kappa shape index (κ2) is 9.78. The van der Waals surface area contributed by atoms with Crippen LogP contribution >= 0.6 is 11.8 Å². The van der Waals surface area contributed by atoms with Crippen molar-refractivity contribution in [2.75, 3.05) is 5.75 Å². The van der Waals surface area contributed by atoms with Gasteiger partial charge < -0.3 is 9.72 Å². The van der Waals surface area contributed by atoms with Crippen LogP contribution in [0.1, 0.15) is 50.4 Å². The number of allylic oxidation sites excluding steroid dienone is 1. The van der Waals surface area contributed by atoms with Gasteiger partial charge >= 0.3 is 0 Å². The number of nitrogens with zero attached hydrogens (tertiary/aromatic N) is 3. The van der Waals surface area contributed by atoms with Crippen LogP contribution in [0.5, 0.6) is 5.75 Å². The van der Waals surface area contributed by atoms with Gasteiger partial charge in [-0.1, -0.05) is 30.0 Å². The highest BCUT2D eigenvalue weighted by atomic mass is 32.2. The maximum absolute atomic E-state index is 12.8. The molecule has 162 valence electrons. The van der Waals surface area contributed by atoms with Gasteiger partial charge in [-0.25, -0.2) is 0 Å². The monoisotopic (exact) mass is 438 g/mol. The van der Waals surface area contributed by atoms with Crippen LogP contribution in [0.4, 0.5) is 0 Å². The molecule has 2 aromatic heterocycles. The highest BCUT2D eigenvalue weighted by molar-refractivity contribution is 7.99. The van der Waals surface area contributed by atoms with Crippen LogP contribution in [0.25, 0.3) is 0 Å². The first-order chi connectivity index (χ1) is 14.8. The second-order valence-electron chi connectivity index (χ2n) is 7.30. The fraction of sp³-hybridized carbons (Fsp3) is 0.304. The van der Waals surface area contributed by atoms with Crippen LogP contribution in [0.2, 0.25) is 0 Å². The van der Waals surface area contributed by atoms with Crippen LogP contribution in [0.15, 0.2) is 42.1 Å². The van der Waals surface area contributed by atoms with Gasteiger partial charge in [-0.15, -0.1) is 16.8 Å². The van der Waals surface area contributed by atoms with Gasteiger partial charge in [-0.05, 0) is 51.0 Å². The summed E-state index contributed by atoms with van der Waals surface area (Å²) in [6, 6.07) is 7.80. The number of ketones is 2. The van der Waals surface area contributed by atoms with E-state index in [1.165, 1.54) is 18.7 Å². The zero-order valence-corrected chi connectivity index (χ0v) is 19.0. The topological polar surface area (TPSA) is 89.9 Å². The number of carbonyl (C=O) groups excluding carboxylic acids is 2. The molecule has 0 aliphatic rings. The van der Waals surface area contributed by atoms with Crippen molar-refractivity contribution in [1.29, 1.82) is 0 Å². The number of nitrogens with one attached hydrogen (secondary N) is 1. The molecule has 3 aromatic rings. The van der Waals surface area contributed by atoms with Crippen LogP contribution in [-0.2, 0) is 13.2 Å². The molecule has 0 fully saturated rings. The standard InChI is InChI=1S/C23H26N4O3S/c1-6-10-27-20(12-30-18-9-7-8-14(2)11-18)25-26-23(27)31-13-19(29)22-15(3)21(17(5)28)16(4)24-22/h6-9,11,24H,1,10,12-13H2,2-5H3. The van der Waals surface area contributed by atoms with E-state index >= 15 is 0 Å². The van der Waals surface area contributed by atoms with Crippen LogP contribution in [0.3, 0.4) is 0 Å². The van der Waals surface area contributed by atoms with E-state index in [9.17, 15) is 9.59 Å². The molecule has 1 aromatic carbocycles. The third-order valence-corrected chi connectivity index (χ3v) is 5.83. The molecule has 3 rings (SSSR count). The normalized spacial score (nSPS) is 10.8. The van der Waals surface area contributed by atoms with E-state index in [1.807, 2.05) is 35.8 Å². The molecular weight excluding hydrogens is 412 g/mol. The van der Waals surface area contributed by atoms with Crippen molar-refractivity contribution in [3.63, 3.8) is 0 Å². The summed E-state index contributed by atoms with van der Waals surface area (Å²) in [5, 5.41) is 9.09. The number of carbonyl (C=O) groups is 2. The zero-order chi connectivity index (χ0) is 22.5. The number of thioether (sulfide) groups is 1. The van der Waals surface area contributed by atoms with Crippen molar-refractivity contribution in [3.8, 4) is 5.75 Å². The second-order valence-corrected chi connectivity index (χ2v) is 8.24. The van der Waals surface area contributed by atoms with Gasteiger partial charge in [0.15, 0.2) is 22.5 Å². The molecule has 0 unspecified atom stereocenters. The quantitative estimate of drug-likeness (QED) is 0.285. The Morgan fingerprint density at radius 2 is 2.03 bits per heavy atom. The molecule has 0 radical (unpaired) electrons. The van der Waals surface area contributed by atoms with Crippen molar-refractivity contribution in [3.05, 3.63) is 70.8 Å². The highest BCUT2D eigenvalue weighted by Crippen LogP contribution is 2.23. The Balaban J connectivity index is 1.72. The lowest BCUT2D eigenvalue weighted by molar-refractivity contribution is 0.101. The van der Waals surface area contributed by atoms with Crippen molar-refractivity contribution >= 4 is 23.3 Å². The van der Waals surface area contributed by atoms with E-state index in [2.05, 4.69) is 21.8 Å². The van der Waals surface area contributed by atoms with E-state index in [0.717, 1.165) is 11.3 Å². The van der Waals surface area contributed by atoms with Gasteiger partial charge in [0.2, 0.25) is 0 Å². The summed E-state index contributed by atoms with van der Waals surface area (Å²) in [4.78, 5) is 27.7. The molecule has 0 atom stereocenters. The Labute approximate surface area is 185 Å². The minimum Gasteiger partial charge on any atom is -0.486 e. The number of ether oxygens (including phenoxy) is 1. The van der Waals surface area contributed by atoms with Crippen LogP contribution in [-0.4, -0.2) is 37.1 Å². The number of rotatable bonds is 10. The van der Waals surface area contributed by atoms with E-state index in [0.29, 0.717) is 40.0 Å². The van der Waals surface area contributed by atoms with Crippen molar-refractivity contribution in [1.82, 2.24) is 19.7 Å². The predicted octanol–water partition coefficient (Wildman–Crippen LogP) is 4.47. The molecular formula is C23H26N4O3S. The molecule has 0 aliphatic carbocycles. The van der Waals surface area contributed by atoms with Gasteiger partial charge in [0, 0.05) is 17.8 Å². The maximum Gasteiger partial charge on any atom is 0.192 e. The number of Topliss-reactive ketones (excluding diaryl/α,β-unsaturated/α-hetero) is 2. The van der Waals surface area contributed by atoms with Crippen molar-refractivity contribution in [2.24, 2.45) is 0 Å². The van der Waals surface area contributed by atoms with E-state index in [-0.39, 0.29) is 23.9 Å². The predicted molar refractivity (Wildman–Crippen MR) is 121 cm³/mol.